The summed E-state index contributed by atoms with van der Waals surface area (Å²) < 4.78 is 0. The third-order valence-electron chi connectivity index (χ3n) is 1.89. The summed E-state index contributed by atoms with van der Waals surface area (Å²) in [6, 6.07) is 0. The highest BCUT2D eigenvalue weighted by molar-refractivity contribution is 5.75. The van der Waals surface area contributed by atoms with E-state index < -0.39 is 5.60 Å². The SMILES string of the molecule is CN(C)CC(C)(O)CNC(=O)CCCO. The van der Waals surface area contributed by atoms with Crippen LogP contribution in [-0.4, -0.2) is 60.4 Å². The van der Waals surface area contributed by atoms with E-state index in [9.17, 15) is 9.90 Å². The molecule has 0 saturated heterocycles. The molecule has 90 valence electrons. The van der Waals surface area contributed by atoms with Gasteiger partial charge in [0.2, 0.25) is 5.91 Å². The average Bonchev–Trinajstić information content (AvgIpc) is 2.09. The molecule has 0 rings (SSSR count). The molecule has 3 N–H and O–H groups in total. The Morgan fingerprint density at radius 1 is 1.47 bits per heavy atom. The van der Waals surface area contributed by atoms with Gasteiger partial charge in [-0.3, -0.25) is 4.79 Å². The van der Waals surface area contributed by atoms with E-state index in [2.05, 4.69) is 5.32 Å². The van der Waals surface area contributed by atoms with Crippen LogP contribution in [0.3, 0.4) is 0 Å². The van der Waals surface area contributed by atoms with Crippen molar-refractivity contribution in [3.8, 4) is 0 Å². The lowest BCUT2D eigenvalue weighted by atomic mass is 10.1. The van der Waals surface area contributed by atoms with Crippen molar-refractivity contribution >= 4 is 5.91 Å². The number of aliphatic hydroxyl groups excluding tert-OH is 1. The van der Waals surface area contributed by atoms with Gasteiger partial charge in [-0.2, -0.15) is 0 Å². The third kappa shape index (κ3) is 8.35. The first-order chi connectivity index (χ1) is 6.87. The minimum Gasteiger partial charge on any atom is -0.396 e. The van der Waals surface area contributed by atoms with E-state index in [-0.39, 0.29) is 19.1 Å². The average molecular weight is 218 g/mol. The molecule has 1 unspecified atom stereocenters. The van der Waals surface area contributed by atoms with Gasteiger partial charge in [0.1, 0.15) is 0 Å². The summed E-state index contributed by atoms with van der Waals surface area (Å²) in [6.45, 7) is 2.42. The minimum atomic E-state index is -0.918. The summed E-state index contributed by atoms with van der Waals surface area (Å²) in [5.41, 5.74) is -0.918. The highest BCUT2D eigenvalue weighted by atomic mass is 16.3. The molecule has 0 aliphatic carbocycles. The van der Waals surface area contributed by atoms with Crippen LogP contribution in [0.2, 0.25) is 0 Å². The molecule has 0 radical (unpaired) electrons. The van der Waals surface area contributed by atoms with Crippen LogP contribution < -0.4 is 5.32 Å². The lowest BCUT2D eigenvalue weighted by Gasteiger charge is -2.27. The molecule has 5 nitrogen and oxygen atoms in total. The zero-order chi connectivity index (χ0) is 11.9. The molecule has 0 fully saturated rings. The topological polar surface area (TPSA) is 72.8 Å². The zero-order valence-electron chi connectivity index (χ0n) is 9.79. The van der Waals surface area contributed by atoms with Gasteiger partial charge in [-0.1, -0.05) is 0 Å². The predicted molar refractivity (Wildman–Crippen MR) is 58.5 cm³/mol. The number of carbonyl (C=O) groups excluding carboxylic acids is 1. The van der Waals surface area contributed by atoms with Gasteiger partial charge in [0.15, 0.2) is 0 Å². The van der Waals surface area contributed by atoms with Crippen molar-refractivity contribution in [3.05, 3.63) is 0 Å². The van der Waals surface area contributed by atoms with Gasteiger partial charge in [-0.15, -0.1) is 0 Å². The van der Waals surface area contributed by atoms with Gasteiger partial charge in [0.25, 0.3) is 0 Å². The van der Waals surface area contributed by atoms with Gasteiger partial charge < -0.3 is 20.4 Å². The molecule has 0 aromatic heterocycles. The molecule has 0 aromatic carbocycles. The number of likely N-dealkylation sites (N-methyl/N-ethyl adjacent to an activating group) is 1. The fraction of sp³-hybridized carbons (Fsp3) is 0.900. The fourth-order valence-electron chi connectivity index (χ4n) is 1.35. The monoisotopic (exact) mass is 218 g/mol. The first-order valence-corrected chi connectivity index (χ1v) is 5.12. The molecule has 0 bridgehead atoms. The maximum atomic E-state index is 11.2. The van der Waals surface area contributed by atoms with E-state index in [1.165, 1.54) is 0 Å². The van der Waals surface area contributed by atoms with Crippen molar-refractivity contribution in [1.82, 2.24) is 10.2 Å². The summed E-state index contributed by atoms with van der Waals surface area (Å²) in [4.78, 5) is 13.0. The van der Waals surface area contributed by atoms with Gasteiger partial charge >= 0.3 is 0 Å². The number of carbonyl (C=O) groups is 1. The molecule has 15 heavy (non-hydrogen) atoms. The second-order valence-electron chi connectivity index (χ2n) is 4.34. The zero-order valence-corrected chi connectivity index (χ0v) is 9.79. The van der Waals surface area contributed by atoms with E-state index >= 15 is 0 Å². The summed E-state index contributed by atoms with van der Waals surface area (Å²) >= 11 is 0. The van der Waals surface area contributed by atoms with Gasteiger partial charge in [-0.05, 0) is 27.4 Å². The Labute approximate surface area is 91.1 Å². The third-order valence-corrected chi connectivity index (χ3v) is 1.89. The highest BCUT2D eigenvalue weighted by Gasteiger charge is 2.21. The number of nitrogens with one attached hydrogen (secondary N) is 1. The number of aliphatic hydroxyl groups is 2. The van der Waals surface area contributed by atoms with Crippen molar-refractivity contribution in [2.45, 2.75) is 25.4 Å². The molecule has 0 saturated carbocycles. The van der Waals surface area contributed by atoms with Crippen molar-refractivity contribution in [2.75, 3.05) is 33.8 Å². The van der Waals surface area contributed by atoms with E-state index in [0.29, 0.717) is 19.4 Å². The van der Waals surface area contributed by atoms with E-state index in [4.69, 9.17) is 5.11 Å². The largest absolute Gasteiger partial charge is 0.396 e. The van der Waals surface area contributed by atoms with Crippen molar-refractivity contribution in [3.63, 3.8) is 0 Å². The number of hydrogen-bond acceptors (Lipinski definition) is 4. The molecule has 0 aliphatic heterocycles. The first kappa shape index (κ1) is 14.3. The number of rotatable bonds is 7. The maximum Gasteiger partial charge on any atom is 0.220 e. The van der Waals surface area contributed by atoms with Gasteiger partial charge in [-0.25, -0.2) is 0 Å². The van der Waals surface area contributed by atoms with E-state index in [1.807, 2.05) is 19.0 Å². The van der Waals surface area contributed by atoms with E-state index in [0.717, 1.165) is 0 Å². The smallest absolute Gasteiger partial charge is 0.220 e. The molecule has 0 aromatic rings. The molecular weight excluding hydrogens is 196 g/mol. The Kier molecular flexibility index (Phi) is 6.47. The van der Waals surface area contributed by atoms with Crippen LogP contribution in [0.4, 0.5) is 0 Å². The molecular formula is C10H22N2O3. The van der Waals surface area contributed by atoms with Crippen LogP contribution in [0.1, 0.15) is 19.8 Å². The van der Waals surface area contributed by atoms with Crippen molar-refractivity contribution in [2.24, 2.45) is 0 Å². The summed E-state index contributed by atoms with van der Waals surface area (Å²) in [5, 5.41) is 21.0. The normalized spacial score (nSPS) is 15.1. The molecule has 0 heterocycles. The fourth-order valence-corrected chi connectivity index (χ4v) is 1.35. The molecule has 0 spiro atoms. The second kappa shape index (κ2) is 6.76. The summed E-state index contributed by atoms with van der Waals surface area (Å²) in [7, 11) is 3.73. The van der Waals surface area contributed by atoms with Crippen LogP contribution in [0.25, 0.3) is 0 Å². The number of nitrogens with zero attached hydrogens (tertiary/aromatic N) is 1. The summed E-state index contributed by atoms with van der Waals surface area (Å²) in [6.07, 6.45) is 0.760. The quantitative estimate of drug-likeness (QED) is 0.522. The standard InChI is InChI=1S/C10H22N2O3/c1-10(15,8-12(2)3)7-11-9(14)5-4-6-13/h13,15H,4-8H2,1-3H3,(H,11,14). The maximum absolute atomic E-state index is 11.2. The van der Waals surface area contributed by atoms with Crippen LogP contribution in [0, 0.1) is 0 Å². The van der Waals surface area contributed by atoms with Crippen molar-refractivity contribution < 1.29 is 15.0 Å². The summed E-state index contributed by atoms with van der Waals surface area (Å²) in [5.74, 6) is -0.136. The molecule has 1 atom stereocenters. The first-order valence-electron chi connectivity index (χ1n) is 5.12. The Hall–Kier alpha value is -0.650. The minimum absolute atomic E-state index is 0.0154. The van der Waals surface area contributed by atoms with Crippen molar-refractivity contribution in [1.29, 1.82) is 0 Å². The number of amides is 1. The van der Waals surface area contributed by atoms with Gasteiger partial charge in [0.05, 0.1) is 5.60 Å². The second-order valence-corrected chi connectivity index (χ2v) is 4.34. The number of hydrogen-bond donors (Lipinski definition) is 3. The van der Waals surface area contributed by atoms with Crippen LogP contribution >= 0.6 is 0 Å². The van der Waals surface area contributed by atoms with Crippen LogP contribution in [0.15, 0.2) is 0 Å². The van der Waals surface area contributed by atoms with Crippen LogP contribution in [-0.2, 0) is 4.79 Å². The Morgan fingerprint density at radius 3 is 2.53 bits per heavy atom. The van der Waals surface area contributed by atoms with E-state index in [1.54, 1.807) is 6.92 Å². The predicted octanol–water partition coefficient (Wildman–Crippen LogP) is -0.812. The van der Waals surface area contributed by atoms with Gasteiger partial charge in [0, 0.05) is 26.1 Å². The highest BCUT2D eigenvalue weighted by Crippen LogP contribution is 2.02. The Balaban J connectivity index is 3.77. The lowest BCUT2D eigenvalue weighted by Crippen LogP contribution is -2.47. The Morgan fingerprint density at radius 2 is 2.07 bits per heavy atom. The molecule has 0 aliphatic rings. The molecule has 1 amide bonds. The van der Waals surface area contributed by atoms with Crippen LogP contribution in [0.5, 0.6) is 0 Å². The molecule has 5 heteroatoms. The lowest BCUT2D eigenvalue weighted by molar-refractivity contribution is -0.122. The Bertz CT molecular complexity index is 193.